The van der Waals surface area contributed by atoms with Crippen molar-refractivity contribution in [1.82, 2.24) is 0 Å². The molecule has 2 nitrogen and oxygen atoms in total. The van der Waals surface area contributed by atoms with Crippen LogP contribution in [0, 0.1) is 0 Å². The standard InChI is InChI=1S/C24H24IN2Te/c1-26(2)19-13-5-9-17-11-7-15-21(23(17)19)28(25)22-16-8-12-18-10-6-14-20(24(18)22)27(3)4/h5-16H,1-4H3/q+1. The molecule has 0 amide bonds. The first-order valence-corrected chi connectivity index (χ1v) is 18.4. The van der Waals surface area contributed by atoms with Gasteiger partial charge in [0, 0.05) is 0 Å². The summed E-state index contributed by atoms with van der Waals surface area (Å²) in [7, 11) is 8.56. The van der Waals surface area contributed by atoms with Crippen molar-refractivity contribution < 1.29 is 0 Å². The van der Waals surface area contributed by atoms with Gasteiger partial charge in [-0.3, -0.25) is 0 Å². The number of hydrogen-bond acceptors (Lipinski definition) is 2. The van der Waals surface area contributed by atoms with Crippen molar-refractivity contribution >= 4 is 74.4 Å². The number of benzene rings is 4. The molecule has 0 bridgehead atoms. The maximum absolute atomic E-state index is 2.78. The predicted molar refractivity (Wildman–Crippen MR) is 136 cm³/mol. The molecule has 0 fully saturated rings. The van der Waals surface area contributed by atoms with Gasteiger partial charge in [-0.1, -0.05) is 0 Å². The van der Waals surface area contributed by atoms with Crippen LogP contribution < -0.4 is 17.0 Å². The molecule has 0 aliphatic heterocycles. The summed E-state index contributed by atoms with van der Waals surface area (Å²) in [5.41, 5.74) is 2.62. The van der Waals surface area contributed by atoms with Crippen molar-refractivity contribution in [3.05, 3.63) is 72.8 Å². The first-order chi connectivity index (χ1) is 13.5. The van der Waals surface area contributed by atoms with E-state index in [2.05, 4.69) is 129 Å². The molecule has 0 atom stereocenters. The second-order valence-electron chi connectivity index (χ2n) is 7.31. The molecule has 0 aromatic heterocycles. The van der Waals surface area contributed by atoms with Crippen molar-refractivity contribution in [3.63, 3.8) is 0 Å². The van der Waals surface area contributed by atoms with Gasteiger partial charge in [0.15, 0.2) is 0 Å². The van der Waals surface area contributed by atoms with E-state index in [1.807, 2.05) is 0 Å². The molecule has 0 radical (unpaired) electrons. The van der Waals surface area contributed by atoms with E-state index >= 15 is 0 Å². The third kappa shape index (κ3) is 3.47. The average molecular weight is 595 g/mol. The third-order valence-corrected chi connectivity index (χ3v) is 15.6. The second kappa shape index (κ2) is 8.10. The quantitative estimate of drug-likeness (QED) is 0.251. The second-order valence-corrected chi connectivity index (χ2v) is 17.2. The van der Waals surface area contributed by atoms with Crippen LogP contribution in [0.25, 0.3) is 21.5 Å². The Hall–Kier alpha value is -1.48. The summed E-state index contributed by atoms with van der Waals surface area (Å²) < 4.78 is 3.07. The normalized spacial score (nSPS) is 11.4. The Morgan fingerprint density at radius 2 is 0.929 bits per heavy atom. The van der Waals surface area contributed by atoms with Gasteiger partial charge in [-0.2, -0.15) is 0 Å². The molecule has 0 heterocycles. The Bertz CT molecular complexity index is 1050. The molecule has 0 unspecified atom stereocenters. The molecule has 28 heavy (non-hydrogen) atoms. The van der Waals surface area contributed by atoms with E-state index in [4.69, 9.17) is 0 Å². The fourth-order valence-corrected chi connectivity index (χ4v) is 12.8. The molecule has 0 aliphatic carbocycles. The molecule has 0 spiro atoms. The van der Waals surface area contributed by atoms with Gasteiger partial charge in [0.25, 0.3) is 0 Å². The van der Waals surface area contributed by atoms with Crippen LogP contribution in [0.5, 0.6) is 0 Å². The van der Waals surface area contributed by atoms with Crippen LogP contribution >= 0.6 is 18.7 Å². The zero-order chi connectivity index (χ0) is 19.8. The van der Waals surface area contributed by atoms with E-state index in [9.17, 15) is 0 Å². The summed E-state index contributed by atoms with van der Waals surface area (Å²) in [4.78, 5) is 4.48. The maximum atomic E-state index is 2.78. The molecular formula is C24H24IN2Te+. The Morgan fingerprint density at radius 1 is 0.571 bits per heavy atom. The van der Waals surface area contributed by atoms with Crippen LogP contribution in [0.15, 0.2) is 72.8 Å². The van der Waals surface area contributed by atoms with Crippen LogP contribution in [-0.2, 0) is 0 Å². The minimum atomic E-state index is -1.82. The summed E-state index contributed by atoms with van der Waals surface area (Å²) in [6, 6.07) is 26.9. The zero-order valence-electron chi connectivity index (χ0n) is 16.6. The molecule has 0 saturated carbocycles. The van der Waals surface area contributed by atoms with Crippen LogP contribution in [0.1, 0.15) is 0 Å². The van der Waals surface area contributed by atoms with Crippen LogP contribution in [-0.4, -0.2) is 43.8 Å². The van der Waals surface area contributed by atoms with E-state index < -0.39 is 15.6 Å². The van der Waals surface area contributed by atoms with Gasteiger partial charge in [-0.25, -0.2) is 0 Å². The number of fused-ring (bicyclic) bond motifs is 2. The van der Waals surface area contributed by atoms with Crippen LogP contribution in [0.2, 0.25) is 0 Å². The van der Waals surface area contributed by atoms with Crippen LogP contribution in [0.3, 0.4) is 0 Å². The molecule has 142 valence electrons. The number of nitrogens with zero attached hydrogens (tertiary/aromatic N) is 2. The number of hydrogen-bond donors (Lipinski definition) is 0. The number of anilines is 2. The van der Waals surface area contributed by atoms with Gasteiger partial charge >= 0.3 is 185 Å². The summed E-state index contributed by atoms with van der Waals surface area (Å²) in [6.45, 7) is 0. The Morgan fingerprint density at radius 3 is 1.29 bits per heavy atom. The third-order valence-electron chi connectivity index (χ3n) is 5.04. The van der Waals surface area contributed by atoms with Gasteiger partial charge in [0.1, 0.15) is 0 Å². The van der Waals surface area contributed by atoms with E-state index in [1.165, 1.54) is 40.1 Å². The monoisotopic (exact) mass is 597 g/mol. The summed E-state index contributed by atoms with van der Waals surface area (Å²) in [5.74, 6) is 0. The van der Waals surface area contributed by atoms with Gasteiger partial charge < -0.3 is 0 Å². The molecule has 4 heteroatoms. The average Bonchev–Trinajstić information content (AvgIpc) is 2.71. The first kappa shape index (κ1) is 19.8. The van der Waals surface area contributed by atoms with Gasteiger partial charge in [-0.15, -0.1) is 0 Å². The fraction of sp³-hybridized carbons (Fsp3) is 0.167. The fourth-order valence-electron chi connectivity index (χ4n) is 3.74. The Balaban J connectivity index is 2.01. The number of rotatable bonds is 4. The van der Waals surface area contributed by atoms with E-state index in [1.54, 1.807) is 0 Å². The van der Waals surface area contributed by atoms with E-state index in [0.29, 0.717) is 0 Å². The van der Waals surface area contributed by atoms with Crippen molar-refractivity contribution in [2.75, 3.05) is 38.0 Å². The van der Waals surface area contributed by atoms with Gasteiger partial charge in [0.05, 0.1) is 0 Å². The molecule has 0 aliphatic rings. The summed E-state index contributed by atoms with van der Waals surface area (Å²) >= 11 is 0.961. The summed E-state index contributed by atoms with van der Waals surface area (Å²) in [5, 5.41) is 5.50. The molecule has 4 rings (SSSR count). The SMILES string of the molecule is CN(C)c1cccc2cccc([Te+](I)c3cccc4cccc(N(C)C)c34)c12. The molecule has 4 aromatic carbocycles. The molecule has 0 N–H and O–H groups in total. The Kier molecular flexibility index (Phi) is 5.73. The Labute approximate surface area is 184 Å². The zero-order valence-corrected chi connectivity index (χ0v) is 21.1. The van der Waals surface area contributed by atoms with E-state index in [-0.39, 0.29) is 0 Å². The molecular weight excluding hydrogens is 571 g/mol. The van der Waals surface area contributed by atoms with Crippen molar-refractivity contribution in [2.45, 2.75) is 0 Å². The number of halogens is 1. The van der Waals surface area contributed by atoms with Gasteiger partial charge in [0.2, 0.25) is 0 Å². The van der Waals surface area contributed by atoms with Crippen LogP contribution in [0.4, 0.5) is 11.4 Å². The predicted octanol–water partition coefficient (Wildman–Crippen LogP) is 4.67. The molecule has 4 aromatic rings. The van der Waals surface area contributed by atoms with Crippen molar-refractivity contribution in [1.29, 1.82) is 0 Å². The van der Waals surface area contributed by atoms with Crippen molar-refractivity contribution in [3.8, 4) is 0 Å². The molecule has 0 saturated heterocycles. The topological polar surface area (TPSA) is 6.48 Å². The summed E-state index contributed by atoms with van der Waals surface area (Å²) in [6.07, 6.45) is 0. The first-order valence-electron chi connectivity index (χ1n) is 9.27. The van der Waals surface area contributed by atoms with Crippen molar-refractivity contribution in [2.24, 2.45) is 0 Å². The minimum absolute atomic E-state index is 1.31. The van der Waals surface area contributed by atoms with Gasteiger partial charge in [-0.05, 0) is 0 Å². The van der Waals surface area contributed by atoms with E-state index in [0.717, 1.165) is 0 Å².